The van der Waals surface area contributed by atoms with Crippen LogP contribution in [-0.2, 0) is 0 Å². The summed E-state index contributed by atoms with van der Waals surface area (Å²) in [6.07, 6.45) is 0. The van der Waals surface area contributed by atoms with Gasteiger partial charge >= 0.3 is 0 Å². The van der Waals surface area contributed by atoms with Crippen LogP contribution < -0.4 is 0 Å². The van der Waals surface area contributed by atoms with Gasteiger partial charge in [-0.1, -0.05) is 146 Å². The van der Waals surface area contributed by atoms with Gasteiger partial charge in [-0.25, -0.2) is 0 Å². The highest BCUT2D eigenvalue weighted by molar-refractivity contribution is 6.24. The van der Waals surface area contributed by atoms with Crippen LogP contribution in [0.5, 0.6) is 0 Å². The third-order valence-corrected chi connectivity index (χ3v) is 11.4. The summed E-state index contributed by atoms with van der Waals surface area (Å²) in [6, 6.07) is 65.7. The first kappa shape index (κ1) is 29.4. The lowest BCUT2D eigenvalue weighted by atomic mass is 9.84. The molecule has 250 valence electrons. The van der Waals surface area contributed by atoms with Crippen LogP contribution in [-0.4, -0.2) is 0 Å². The number of benzene rings is 10. The van der Waals surface area contributed by atoms with Gasteiger partial charge in [-0.3, -0.25) is 0 Å². The van der Waals surface area contributed by atoms with Crippen molar-refractivity contribution >= 4 is 87.0 Å². The molecule has 2 nitrogen and oxygen atoms in total. The standard InChI is InChI=1S/C52H30O2/c1-2-12-31(13-3-1)51-38-18-8-10-20-40(38)52(41-21-11-9-19-39(41)51)42-24-23-35(36-16-6-7-17-37(36)42)34-22-25-47-43(27-34)45-29-50-46(30-49(45)53-47)44-26-32-14-4-5-15-33(32)28-48(44)54-50/h1-30H. The molecule has 0 spiro atoms. The zero-order valence-electron chi connectivity index (χ0n) is 29.1. The molecule has 2 heteroatoms. The molecule has 2 heterocycles. The summed E-state index contributed by atoms with van der Waals surface area (Å²) in [5, 5.41) is 14.2. The normalized spacial score (nSPS) is 12.1. The van der Waals surface area contributed by atoms with Crippen molar-refractivity contribution in [3.05, 3.63) is 182 Å². The molecular formula is C52H30O2. The van der Waals surface area contributed by atoms with Crippen molar-refractivity contribution in [2.75, 3.05) is 0 Å². The first-order valence-electron chi connectivity index (χ1n) is 18.5. The second-order valence-corrected chi connectivity index (χ2v) is 14.4. The van der Waals surface area contributed by atoms with Crippen LogP contribution in [0.4, 0.5) is 0 Å². The fourth-order valence-corrected chi connectivity index (χ4v) is 9.00. The molecule has 2 aromatic heterocycles. The smallest absolute Gasteiger partial charge is 0.136 e. The summed E-state index contributed by atoms with van der Waals surface area (Å²) in [7, 11) is 0. The maximum absolute atomic E-state index is 6.50. The fourth-order valence-electron chi connectivity index (χ4n) is 9.00. The quantitative estimate of drug-likeness (QED) is 0.173. The van der Waals surface area contributed by atoms with Gasteiger partial charge < -0.3 is 8.83 Å². The predicted molar refractivity (Wildman–Crippen MR) is 227 cm³/mol. The predicted octanol–water partition coefficient (Wildman–Crippen LogP) is 15.1. The third-order valence-electron chi connectivity index (χ3n) is 11.4. The van der Waals surface area contributed by atoms with E-state index < -0.39 is 0 Å². The summed E-state index contributed by atoms with van der Waals surface area (Å²) in [5.74, 6) is 0. The van der Waals surface area contributed by atoms with Crippen molar-refractivity contribution in [1.29, 1.82) is 0 Å². The summed E-state index contributed by atoms with van der Waals surface area (Å²) in [6.45, 7) is 0. The van der Waals surface area contributed by atoms with Gasteiger partial charge in [-0.15, -0.1) is 0 Å². The fraction of sp³-hybridized carbons (Fsp3) is 0. The van der Waals surface area contributed by atoms with Crippen LogP contribution in [0.25, 0.3) is 120 Å². The highest BCUT2D eigenvalue weighted by atomic mass is 16.3. The van der Waals surface area contributed by atoms with Gasteiger partial charge in [0.25, 0.3) is 0 Å². The topological polar surface area (TPSA) is 26.3 Å². The Morgan fingerprint density at radius 1 is 0.241 bits per heavy atom. The second-order valence-electron chi connectivity index (χ2n) is 14.4. The zero-order chi connectivity index (χ0) is 35.3. The van der Waals surface area contributed by atoms with E-state index in [9.17, 15) is 0 Å². The maximum Gasteiger partial charge on any atom is 0.136 e. The first-order chi connectivity index (χ1) is 26.8. The second kappa shape index (κ2) is 11.2. The van der Waals surface area contributed by atoms with Crippen molar-refractivity contribution in [2.45, 2.75) is 0 Å². The Bertz CT molecular complexity index is 3430. The van der Waals surface area contributed by atoms with Gasteiger partial charge in [0.15, 0.2) is 0 Å². The summed E-state index contributed by atoms with van der Waals surface area (Å²) < 4.78 is 13.0. The number of hydrogen-bond donors (Lipinski definition) is 0. The lowest BCUT2D eigenvalue weighted by molar-refractivity contribution is 0.664. The van der Waals surface area contributed by atoms with E-state index in [1.807, 2.05) is 0 Å². The molecule has 0 bridgehead atoms. The SMILES string of the molecule is c1ccc(-c2c3ccccc3c(-c3ccc(-c4ccc5oc6cc7c(cc6c5c4)oc4cc5ccccc5cc47)c4ccccc34)c3ccccc23)cc1. The van der Waals surface area contributed by atoms with Crippen molar-refractivity contribution in [3.63, 3.8) is 0 Å². The summed E-state index contributed by atoms with van der Waals surface area (Å²) in [4.78, 5) is 0. The van der Waals surface area contributed by atoms with Crippen molar-refractivity contribution in [2.24, 2.45) is 0 Å². The highest BCUT2D eigenvalue weighted by Crippen LogP contribution is 2.47. The van der Waals surface area contributed by atoms with Gasteiger partial charge in [0.2, 0.25) is 0 Å². The Balaban J connectivity index is 1.06. The molecule has 0 saturated carbocycles. The van der Waals surface area contributed by atoms with E-state index in [0.29, 0.717) is 0 Å². The molecule has 0 aliphatic heterocycles. The molecular weight excluding hydrogens is 657 g/mol. The molecule has 12 rings (SSSR count). The molecule has 0 saturated heterocycles. The number of rotatable bonds is 3. The Labute approximate surface area is 310 Å². The maximum atomic E-state index is 6.50. The lowest BCUT2D eigenvalue weighted by Crippen LogP contribution is -1.92. The Kier molecular flexibility index (Phi) is 6.09. The molecule has 0 N–H and O–H groups in total. The minimum absolute atomic E-state index is 0.864. The van der Waals surface area contributed by atoms with E-state index in [0.717, 1.165) is 49.4 Å². The van der Waals surface area contributed by atoms with E-state index in [-0.39, 0.29) is 0 Å². The van der Waals surface area contributed by atoms with Gasteiger partial charge in [-0.05, 0) is 113 Å². The van der Waals surface area contributed by atoms with Gasteiger partial charge in [0.05, 0.1) is 0 Å². The average molecular weight is 687 g/mol. The summed E-state index contributed by atoms with van der Waals surface area (Å²) >= 11 is 0. The number of furan rings is 2. The van der Waals surface area contributed by atoms with Crippen LogP contribution in [0, 0.1) is 0 Å². The molecule has 0 atom stereocenters. The molecule has 54 heavy (non-hydrogen) atoms. The monoisotopic (exact) mass is 686 g/mol. The Hall–Kier alpha value is -7.16. The van der Waals surface area contributed by atoms with Gasteiger partial charge in [0.1, 0.15) is 22.3 Å². The molecule has 10 aromatic carbocycles. The van der Waals surface area contributed by atoms with E-state index in [2.05, 4.69) is 182 Å². The van der Waals surface area contributed by atoms with Crippen molar-refractivity contribution < 1.29 is 8.83 Å². The minimum atomic E-state index is 0.864. The molecule has 0 aliphatic carbocycles. The molecule has 0 aliphatic rings. The lowest BCUT2D eigenvalue weighted by Gasteiger charge is -2.19. The van der Waals surface area contributed by atoms with Crippen LogP contribution in [0.1, 0.15) is 0 Å². The van der Waals surface area contributed by atoms with Crippen molar-refractivity contribution in [1.82, 2.24) is 0 Å². The number of fused-ring (bicyclic) bond motifs is 10. The van der Waals surface area contributed by atoms with Crippen LogP contribution in [0.15, 0.2) is 191 Å². The van der Waals surface area contributed by atoms with Crippen LogP contribution in [0.2, 0.25) is 0 Å². The highest BCUT2D eigenvalue weighted by Gasteiger charge is 2.20. The third kappa shape index (κ3) is 4.22. The number of hydrogen-bond acceptors (Lipinski definition) is 2. The zero-order valence-corrected chi connectivity index (χ0v) is 29.1. The largest absolute Gasteiger partial charge is 0.456 e. The van der Waals surface area contributed by atoms with E-state index in [4.69, 9.17) is 8.83 Å². The Morgan fingerprint density at radius 3 is 1.37 bits per heavy atom. The molecule has 0 fully saturated rings. The van der Waals surface area contributed by atoms with Crippen molar-refractivity contribution in [3.8, 4) is 33.4 Å². The molecule has 12 aromatic rings. The average Bonchev–Trinajstić information content (AvgIpc) is 3.77. The van der Waals surface area contributed by atoms with E-state index >= 15 is 0 Å². The Morgan fingerprint density at radius 2 is 0.704 bits per heavy atom. The van der Waals surface area contributed by atoms with Crippen LogP contribution in [0.3, 0.4) is 0 Å². The van der Waals surface area contributed by atoms with E-state index in [1.54, 1.807) is 0 Å². The molecule has 0 amide bonds. The summed E-state index contributed by atoms with van der Waals surface area (Å²) in [5.41, 5.74) is 10.8. The van der Waals surface area contributed by atoms with Gasteiger partial charge in [0, 0.05) is 21.5 Å². The minimum Gasteiger partial charge on any atom is -0.456 e. The van der Waals surface area contributed by atoms with E-state index in [1.165, 1.54) is 70.9 Å². The molecule has 0 radical (unpaired) electrons. The molecule has 0 unspecified atom stereocenters. The first-order valence-corrected chi connectivity index (χ1v) is 18.5. The van der Waals surface area contributed by atoms with Crippen LogP contribution >= 0.6 is 0 Å². The van der Waals surface area contributed by atoms with Gasteiger partial charge in [-0.2, -0.15) is 0 Å².